The molecule has 0 N–H and O–H groups in total. The molecule has 0 atom stereocenters. The first-order valence-corrected chi connectivity index (χ1v) is 5.28. The average molecular weight is 271 g/mol. The number of hydrogen-bond donors (Lipinski definition) is 0. The number of esters is 1. The van der Waals surface area contributed by atoms with Crippen LogP contribution >= 0.6 is 15.9 Å². The highest BCUT2D eigenvalue weighted by Crippen LogP contribution is 2.19. The van der Waals surface area contributed by atoms with Crippen molar-refractivity contribution in [2.45, 2.75) is 12.8 Å². The van der Waals surface area contributed by atoms with Gasteiger partial charge in [-0.15, -0.1) is 0 Å². The number of hydrogen-bond acceptors (Lipinski definition) is 3. The van der Waals surface area contributed by atoms with Crippen molar-refractivity contribution in [2.75, 3.05) is 7.11 Å². The lowest BCUT2D eigenvalue weighted by atomic mass is 10.1. The van der Waals surface area contributed by atoms with Crippen molar-refractivity contribution in [1.82, 2.24) is 0 Å². The lowest BCUT2D eigenvalue weighted by molar-refractivity contribution is -0.107. The fourth-order valence-electron chi connectivity index (χ4n) is 1.22. The molecule has 0 amide bonds. The summed E-state index contributed by atoms with van der Waals surface area (Å²) in [6, 6.07) is 5.39. The summed E-state index contributed by atoms with van der Waals surface area (Å²) in [5, 5.41) is 0. The molecule has 80 valence electrons. The van der Waals surface area contributed by atoms with Gasteiger partial charge in [-0.1, -0.05) is 6.07 Å². The number of aldehydes is 1. The zero-order chi connectivity index (χ0) is 11.3. The third-order valence-electron chi connectivity index (χ3n) is 1.99. The van der Waals surface area contributed by atoms with E-state index >= 15 is 0 Å². The molecule has 0 fully saturated rings. The van der Waals surface area contributed by atoms with E-state index in [1.807, 2.05) is 6.07 Å². The normalized spacial score (nSPS) is 9.73. The highest BCUT2D eigenvalue weighted by molar-refractivity contribution is 9.10. The molecule has 0 aliphatic carbocycles. The molecule has 0 radical (unpaired) electrons. The summed E-state index contributed by atoms with van der Waals surface area (Å²) in [6.45, 7) is 0. The molecular formula is C11H11BrO3. The molecule has 0 saturated heterocycles. The average Bonchev–Trinajstić information content (AvgIpc) is 2.27. The Balaban J connectivity index is 2.94. The van der Waals surface area contributed by atoms with Crippen LogP contribution in [0.2, 0.25) is 0 Å². The van der Waals surface area contributed by atoms with Gasteiger partial charge in [0.25, 0.3) is 0 Å². The van der Waals surface area contributed by atoms with E-state index < -0.39 is 0 Å². The Morgan fingerprint density at radius 3 is 2.87 bits per heavy atom. The lowest BCUT2D eigenvalue weighted by Crippen LogP contribution is -2.03. The van der Waals surface area contributed by atoms with E-state index in [0.717, 1.165) is 11.8 Å². The van der Waals surface area contributed by atoms with Crippen LogP contribution in [0, 0.1) is 0 Å². The second-order valence-corrected chi connectivity index (χ2v) is 3.87. The van der Waals surface area contributed by atoms with Crippen LogP contribution in [0.3, 0.4) is 0 Å². The number of rotatable bonds is 4. The maximum atomic E-state index is 11.3. The van der Waals surface area contributed by atoms with E-state index in [1.54, 1.807) is 12.1 Å². The molecule has 0 spiro atoms. The largest absolute Gasteiger partial charge is 0.465 e. The summed E-state index contributed by atoms with van der Waals surface area (Å²) in [4.78, 5) is 21.6. The van der Waals surface area contributed by atoms with Gasteiger partial charge in [0.1, 0.15) is 6.29 Å². The van der Waals surface area contributed by atoms with Gasteiger partial charge < -0.3 is 9.53 Å². The summed E-state index contributed by atoms with van der Waals surface area (Å²) in [5.41, 5.74) is 1.44. The van der Waals surface area contributed by atoms with Crippen LogP contribution in [-0.4, -0.2) is 19.4 Å². The van der Waals surface area contributed by atoms with Crippen LogP contribution in [0.5, 0.6) is 0 Å². The maximum Gasteiger partial charge on any atom is 0.339 e. The monoisotopic (exact) mass is 270 g/mol. The first-order chi connectivity index (χ1) is 7.19. The molecule has 4 heteroatoms. The molecule has 0 aromatic heterocycles. The Kier molecular flexibility index (Phi) is 4.49. The summed E-state index contributed by atoms with van der Waals surface area (Å²) in [5.74, 6) is -0.380. The zero-order valence-corrected chi connectivity index (χ0v) is 9.91. The second kappa shape index (κ2) is 5.66. The van der Waals surface area contributed by atoms with E-state index in [0.29, 0.717) is 22.9 Å². The van der Waals surface area contributed by atoms with Crippen LogP contribution in [0.15, 0.2) is 22.7 Å². The first kappa shape index (κ1) is 11.9. The Hall–Kier alpha value is -1.16. The Morgan fingerprint density at radius 1 is 1.53 bits per heavy atom. The third kappa shape index (κ3) is 3.16. The van der Waals surface area contributed by atoms with Crippen molar-refractivity contribution in [3.8, 4) is 0 Å². The molecule has 0 aliphatic heterocycles. The zero-order valence-electron chi connectivity index (χ0n) is 8.33. The third-order valence-corrected chi connectivity index (χ3v) is 2.68. The molecule has 0 unspecified atom stereocenters. The van der Waals surface area contributed by atoms with Crippen molar-refractivity contribution >= 4 is 28.2 Å². The number of aryl methyl sites for hydroxylation is 1. The van der Waals surface area contributed by atoms with Gasteiger partial charge in [-0.05, 0) is 40.0 Å². The summed E-state index contributed by atoms with van der Waals surface area (Å²) < 4.78 is 5.34. The van der Waals surface area contributed by atoms with Crippen molar-refractivity contribution in [3.63, 3.8) is 0 Å². The molecular weight excluding hydrogens is 260 g/mol. The van der Waals surface area contributed by atoms with Gasteiger partial charge in [-0.2, -0.15) is 0 Å². The van der Waals surface area contributed by atoms with E-state index in [9.17, 15) is 9.59 Å². The highest BCUT2D eigenvalue weighted by atomic mass is 79.9. The molecule has 15 heavy (non-hydrogen) atoms. The highest BCUT2D eigenvalue weighted by Gasteiger charge is 2.10. The van der Waals surface area contributed by atoms with Crippen LogP contribution in [0.1, 0.15) is 22.3 Å². The van der Waals surface area contributed by atoms with Gasteiger partial charge in [0.05, 0.1) is 12.7 Å². The molecule has 0 heterocycles. The fourth-order valence-corrected chi connectivity index (χ4v) is 1.63. The number of carbonyl (C=O) groups is 2. The van der Waals surface area contributed by atoms with Crippen LogP contribution < -0.4 is 0 Å². The van der Waals surface area contributed by atoms with Gasteiger partial charge in [0, 0.05) is 10.9 Å². The van der Waals surface area contributed by atoms with Crippen LogP contribution in [0.25, 0.3) is 0 Å². The predicted octanol–water partition coefficient (Wildman–Crippen LogP) is 2.37. The number of ether oxygens (including phenoxy) is 1. The maximum absolute atomic E-state index is 11.3. The van der Waals surface area contributed by atoms with E-state index in [1.165, 1.54) is 7.11 Å². The molecule has 1 aromatic carbocycles. The molecule has 0 aliphatic rings. The SMILES string of the molecule is COC(=O)c1cc(CCC=O)ccc1Br. The van der Waals surface area contributed by atoms with E-state index in [2.05, 4.69) is 20.7 Å². The summed E-state index contributed by atoms with van der Waals surface area (Å²) in [6.07, 6.45) is 1.96. The van der Waals surface area contributed by atoms with E-state index in [4.69, 9.17) is 0 Å². The Morgan fingerprint density at radius 2 is 2.27 bits per heavy atom. The molecule has 0 saturated carbocycles. The van der Waals surface area contributed by atoms with E-state index in [-0.39, 0.29) is 5.97 Å². The number of halogens is 1. The fraction of sp³-hybridized carbons (Fsp3) is 0.273. The standard InChI is InChI=1S/C11H11BrO3/c1-15-11(14)9-7-8(3-2-6-13)4-5-10(9)12/h4-7H,2-3H2,1H3. The van der Waals surface area contributed by atoms with Gasteiger partial charge in [0.2, 0.25) is 0 Å². The predicted molar refractivity (Wildman–Crippen MR) is 59.9 cm³/mol. The van der Waals surface area contributed by atoms with Crippen molar-refractivity contribution in [1.29, 1.82) is 0 Å². The number of benzene rings is 1. The first-order valence-electron chi connectivity index (χ1n) is 4.49. The van der Waals surface area contributed by atoms with Gasteiger partial charge in [0.15, 0.2) is 0 Å². The number of carbonyl (C=O) groups excluding carboxylic acids is 2. The van der Waals surface area contributed by atoms with Crippen LogP contribution in [-0.2, 0) is 16.0 Å². The second-order valence-electron chi connectivity index (χ2n) is 3.01. The molecule has 3 nitrogen and oxygen atoms in total. The lowest BCUT2D eigenvalue weighted by Gasteiger charge is -2.04. The van der Waals surface area contributed by atoms with Gasteiger partial charge in [-0.3, -0.25) is 0 Å². The quantitative estimate of drug-likeness (QED) is 0.623. The van der Waals surface area contributed by atoms with Crippen molar-refractivity contribution in [2.24, 2.45) is 0 Å². The Labute approximate surface area is 96.6 Å². The topological polar surface area (TPSA) is 43.4 Å². The minimum absolute atomic E-state index is 0.380. The minimum Gasteiger partial charge on any atom is -0.465 e. The summed E-state index contributed by atoms with van der Waals surface area (Å²) in [7, 11) is 1.34. The summed E-state index contributed by atoms with van der Waals surface area (Å²) >= 11 is 3.27. The van der Waals surface area contributed by atoms with Crippen molar-refractivity contribution < 1.29 is 14.3 Å². The minimum atomic E-state index is -0.380. The van der Waals surface area contributed by atoms with Crippen LogP contribution in [0.4, 0.5) is 0 Å². The van der Waals surface area contributed by atoms with Gasteiger partial charge in [-0.25, -0.2) is 4.79 Å². The smallest absolute Gasteiger partial charge is 0.339 e. The molecule has 0 bridgehead atoms. The molecule has 1 rings (SSSR count). The molecule has 1 aromatic rings. The van der Waals surface area contributed by atoms with Crippen molar-refractivity contribution in [3.05, 3.63) is 33.8 Å². The Bertz CT molecular complexity index is 374. The number of methoxy groups -OCH3 is 1. The van der Waals surface area contributed by atoms with Gasteiger partial charge >= 0.3 is 5.97 Å².